The number of nitrogens with one attached hydrogen (secondary N) is 1. The zero-order valence-electron chi connectivity index (χ0n) is 19.9. The van der Waals surface area contributed by atoms with Crippen molar-refractivity contribution in [3.05, 3.63) is 48.0 Å². The Kier molecular flexibility index (Phi) is 7.37. The molecule has 1 fully saturated rings. The van der Waals surface area contributed by atoms with Gasteiger partial charge in [-0.05, 0) is 55.3 Å². The average molecular weight is 501 g/mol. The van der Waals surface area contributed by atoms with Crippen LogP contribution in [0.1, 0.15) is 42.5 Å². The summed E-state index contributed by atoms with van der Waals surface area (Å²) in [6, 6.07) is 10.8. The average Bonchev–Trinajstić information content (AvgIpc) is 3.36. The zero-order valence-corrected chi connectivity index (χ0v) is 20.7. The van der Waals surface area contributed by atoms with E-state index in [-0.39, 0.29) is 28.4 Å². The van der Waals surface area contributed by atoms with E-state index < -0.39 is 15.9 Å². The van der Waals surface area contributed by atoms with Gasteiger partial charge in [-0.15, -0.1) is 5.10 Å². The van der Waals surface area contributed by atoms with Crippen molar-refractivity contribution in [2.75, 3.05) is 26.6 Å². The Bertz CT molecular complexity index is 1280. The number of benzene rings is 2. The third-order valence-corrected chi connectivity index (χ3v) is 8.08. The van der Waals surface area contributed by atoms with E-state index in [0.29, 0.717) is 17.1 Å². The molecule has 1 N–H and O–H groups in total. The standard InChI is InChI=1S/C24H28N4O6S/c1-28(18-7-5-4-6-8-18)35(30,31)19-12-9-16(10-13-19)22(29)25-24-27-26-23(34-24)17-11-14-20(32-2)21(15-17)33-3/h9-15,18H,4-8H2,1-3H3,(H,25,27,29). The van der Waals surface area contributed by atoms with E-state index in [1.54, 1.807) is 25.2 Å². The first-order valence-corrected chi connectivity index (χ1v) is 12.7. The Balaban J connectivity index is 1.44. The maximum absolute atomic E-state index is 13.0. The Morgan fingerprint density at radius 1 is 1.00 bits per heavy atom. The second-order valence-electron chi connectivity index (χ2n) is 8.27. The van der Waals surface area contributed by atoms with Gasteiger partial charge in [0, 0.05) is 24.2 Å². The van der Waals surface area contributed by atoms with Crippen molar-refractivity contribution in [2.24, 2.45) is 0 Å². The van der Waals surface area contributed by atoms with Gasteiger partial charge in [0.05, 0.1) is 19.1 Å². The van der Waals surface area contributed by atoms with Gasteiger partial charge in [0.25, 0.3) is 5.91 Å². The van der Waals surface area contributed by atoms with Gasteiger partial charge < -0.3 is 13.9 Å². The normalized spacial score (nSPS) is 14.6. The number of sulfonamides is 1. The molecule has 0 atom stereocenters. The van der Waals surface area contributed by atoms with Gasteiger partial charge in [0.2, 0.25) is 15.9 Å². The molecule has 1 heterocycles. The maximum atomic E-state index is 13.0. The number of amides is 1. The summed E-state index contributed by atoms with van der Waals surface area (Å²) in [7, 11) is 1.04. The van der Waals surface area contributed by atoms with Crippen LogP contribution in [-0.2, 0) is 10.0 Å². The van der Waals surface area contributed by atoms with Gasteiger partial charge in [-0.3, -0.25) is 10.1 Å². The highest BCUT2D eigenvalue weighted by atomic mass is 32.2. The van der Waals surface area contributed by atoms with Crippen molar-refractivity contribution in [1.82, 2.24) is 14.5 Å². The minimum Gasteiger partial charge on any atom is -0.493 e. The highest BCUT2D eigenvalue weighted by Crippen LogP contribution is 2.32. The largest absolute Gasteiger partial charge is 0.493 e. The predicted molar refractivity (Wildman–Crippen MR) is 129 cm³/mol. The van der Waals surface area contributed by atoms with Crippen molar-refractivity contribution in [3.63, 3.8) is 0 Å². The number of hydrogen-bond donors (Lipinski definition) is 1. The van der Waals surface area contributed by atoms with Gasteiger partial charge in [-0.2, -0.15) is 4.31 Å². The van der Waals surface area contributed by atoms with Crippen LogP contribution in [0.2, 0.25) is 0 Å². The summed E-state index contributed by atoms with van der Waals surface area (Å²) in [5.74, 6) is 0.739. The number of carbonyl (C=O) groups is 1. The number of carbonyl (C=O) groups excluding carboxylic acids is 1. The molecule has 0 spiro atoms. The molecule has 11 heteroatoms. The van der Waals surface area contributed by atoms with Crippen LogP contribution in [0.15, 0.2) is 51.8 Å². The smallest absolute Gasteiger partial charge is 0.322 e. The van der Waals surface area contributed by atoms with Crippen molar-refractivity contribution >= 4 is 21.9 Å². The van der Waals surface area contributed by atoms with Crippen LogP contribution in [0.3, 0.4) is 0 Å². The summed E-state index contributed by atoms with van der Waals surface area (Å²) < 4.78 is 43.5. The molecule has 1 aliphatic carbocycles. The second kappa shape index (κ2) is 10.4. The molecular formula is C24H28N4O6S. The topological polar surface area (TPSA) is 124 Å². The Morgan fingerprint density at radius 3 is 2.34 bits per heavy atom. The predicted octanol–water partition coefficient (Wildman–Crippen LogP) is 3.96. The van der Waals surface area contributed by atoms with Gasteiger partial charge >= 0.3 is 6.01 Å². The van der Waals surface area contributed by atoms with Crippen LogP contribution in [0.25, 0.3) is 11.5 Å². The molecule has 1 aromatic heterocycles. The fraction of sp³-hybridized carbons (Fsp3) is 0.375. The van der Waals surface area contributed by atoms with Crippen LogP contribution < -0.4 is 14.8 Å². The van der Waals surface area contributed by atoms with Crippen molar-refractivity contribution < 1.29 is 27.1 Å². The van der Waals surface area contributed by atoms with E-state index >= 15 is 0 Å². The van der Waals surface area contributed by atoms with Crippen LogP contribution in [-0.4, -0.2) is 56.1 Å². The van der Waals surface area contributed by atoms with E-state index in [1.807, 2.05) is 0 Å². The summed E-state index contributed by atoms with van der Waals surface area (Å²) in [5.41, 5.74) is 0.849. The number of anilines is 1. The van der Waals surface area contributed by atoms with E-state index in [9.17, 15) is 13.2 Å². The van der Waals surface area contributed by atoms with E-state index in [4.69, 9.17) is 13.9 Å². The number of rotatable bonds is 8. The molecule has 4 rings (SSSR count). The summed E-state index contributed by atoms with van der Waals surface area (Å²) >= 11 is 0. The first kappa shape index (κ1) is 24.7. The third-order valence-electron chi connectivity index (χ3n) is 6.16. The molecule has 0 bridgehead atoms. The molecule has 0 aliphatic heterocycles. The van der Waals surface area contributed by atoms with Gasteiger partial charge in [0.1, 0.15) is 0 Å². The molecule has 10 nitrogen and oxygen atoms in total. The summed E-state index contributed by atoms with van der Waals surface area (Å²) in [6.45, 7) is 0. The fourth-order valence-electron chi connectivity index (χ4n) is 4.11. The quantitative estimate of drug-likeness (QED) is 0.493. The van der Waals surface area contributed by atoms with Crippen LogP contribution >= 0.6 is 0 Å². The summed E-state index contributed by atoms with van der Waals surface area (Å²) in [4.78, 5) is 12.8. The summed E-state index contributed by atoms with van der Waals surface area (Å²) in [5, 5.41) is 10.4. The van der Waals surface area contributed by atoms with Gasteiger partial charge in [0.15, 0.2) is 11.5 Å². The van der Waals surface area contributed by atoms with Crippen LogP contribution in [0, 0.1) is 0 Å². The fourth-order valence-corrected chi connectivity index (χ4v) is 5.53. The monoisotopic (exact) mass is 500 g/mol. The lowest BCUT2D eigenvalue weighted by Crippen LogP contribution is -2.38. The first-order valence-electron chi connectivity index (χ1n) is 11.3. The highest BCUT2D eigenvalue weighted by Gasteiger charge is 2.29. The molecule has 1 amide bonds. The second-order valence-corrected chi connectivity index (χ2v) is 10.3. The minimum atomic E-state index is -3.64. The lowest BCUT2D eigenvalue weighted by Gasteiger charge is -2.30. The number of methoxy groups -OCH3 is 2. The van der Waals surface area contributed by atoms with Gasteiger partial charge in [-0.1, -0.05) is 24.4 Å². The molecule has 35 heavy (non-hydrogen) atoms. The molecule has 0 saturated heterocycles. The van der Waals surface area contributed by atoms with Gasteiger partial charge in [-0.25, -0.2) is 8.42 Å². The molecule has 0 radical (unpaired) electrons. The van der Waals surface area contributed by atoms with E-state index in [0.717, 1.165) is 32.1 Å². The van der Waals surface area contributed by atoms with E-state index in [1.165, 1.54) is 42.8 Å². The molecule has 1 saturated carbocycles. The van der Waals surface area contributed by atoms with E-state index in [2.05, 4.69) is 15.5 Å². The Labute approximate surface area is 204 Å². The van der Waals surface area contributed by atoms with Crippen molar-refractivity contribution in [1.29, 1.82) is 0 Å². The van der Waals surface area contributed by atoms with Crippen molar-refractivity contribution in [2.45, 2.75) is 43.0 Å². The molecule has 3 aromatic rings. The molecule has 186 valence electrons. The molecule has 2 aromatic carbocycles. The highest BCUT2D eigenvalue weighted by molar-refractivity contribution is 7.89. The number of nitrogens with zero attached hydrogens (tertiary/aromatic N) is 3. The Morgan fingerprint density at radius 2 is 1.69 bits per heavy atom. The number of aromatic nitrogens is 2. The SMILES string of the molecule is COc1ccc(-c2nnc(NC(=O)c3ccc(S(=O)(=O)N(C)C4CCCCC4)cc3)o2)cc1OC. The first-order chi connectivity index (χ1) is 16.8. The Hall–Kier alpha value is -3.44. The summed E-state index contributed by atoms with van der Waals surface area (Å²) in [6.07, 6.45) is 4.95. The third kappa shape index (κ3) is 5.30. The molecule has 1 aliphatic rings. The zero-order chi connectivity index (χ0) is 25.0. The molecule has 0 unspecified atom stereocenters. The lowest BCUT2D eigenvalue weighted by molar-refractivity contribution is 0.102. The van der Waals surface area contributed by atoms with Crippen molar-refractivity contribution in [3.8, 4) is 23.0 Å². The molecular weight excluding hydrogens is 472 g/mol. The van der Waals surface area contributed by atoms with Crippen LogP contribution in [0.5, 0.6) is 11.5 Å². The lowest BCUT2D eigenvalue weighted by atomic mass is 9.96. The minimum absolute atomic E-state index is 0.00844. The number of ether oxygens (including phenoxy) is 2. The van der Waals surface area contributed by atoms with Crippen LogP contribution in [0.4, 0.5) is 6.01 Å². The number of hydrogen-bond acceptors (Lipinski definition) is 8. The maximum Gasteiger partial charge on any atom is 0.322 e.